The molecule has 0 unspecified atom stereocenters. The van der Waals surface area contributed by atoms with Gasteiger partial charge in [-0.1, -0.05) is 23.5 Å². The van der Waals surface area contributed by atoms with Crippen molar-refractivity contribution in [3.63, 3.8) is 0 Å². The van der Waals surface area contributed by atoms with Gasteiger partial charge < -0.3 is 5.73 Å². The first kappa shape index (κ1) is 8.61. The number of amides is 2. The molecule has 0 spiro atoms. The van der Waals surface area contributed by atoms with Crippen LogP contribution in [0.5, 0.6) is 0 Å². The molecule has 2 amide bonds. The van der Waals surface area contributed by atoms with Crippen molar-refractivity contribution in [2.24, 2.45) is 10.7 Å². The highest BCUT2D eigenvalue weighted by molar-refractivity contribution is 8.39. The molecule has 0 fully saturated rings. The molecule has 0 aliphatic carbocycles. The minimum absolute atomic E-state index is 0.137. The Morgan fingerprint density at radius 3 is 3.00 bits per heavy atom. The van der Waals surface area contributed by atoms with Crippen LogP contribution in [0.15, 0.2) is 4.99 Å². The highest BCUT2D eigenvalue weighted by atomic mass is 32.2. The molecule has 0 saturated heterocycles. The van der Waals surface area contributed by atoms with Crippen LogP contribution in [0.2, 0.25) is 0 Å². The van der Waals surface area contributed by atoms with Gasteiger partial charge in [-0.3, -0.25) is 9.59 Å². The Bertz CT molecular complexity index is 227. The molecule has 0 atom stereocenters. The summed E-state index contributed by atoms with van der Waals surface area (Å²) in [4.78, 5) is 24.5. The van der Waals surface area contributed by atoms with E-state index in [4.69, 9.17) is 5.73 Å². The van der Waals surface area contributed by atoms with E-state index < -0.39 is 5.91 Å². The third-order valence-electron chi connectivity index (χ3n) is 0.873. The molecule has 6 heteroatoms. The molecule has 0 aromatic heterocycles. The number of carbonyl (C=O) groups excluding carboxylic acids is 2. The molecule has 0 radical (unpaired) electrons. The smallest absolute Gasteiger partial charge is 0.257 e. The van der Waals surface area contributed by atoms with Crippen molar-refractivity contribution in [2.75, 3.05) is 11.5 Å². The zero-order valence-corrected chi connectivity index (χ0v) is 7.20. The van der Waals surface area contributed by atoms with Crippen molar-refractivity contribution >= 4 is 39.7 Å². The lowest BCUT2D eigenvalue weighted by molar-refractivity contribution is -0.116. The number of thioether (sulfide) groups is 2. The van der Waals surface area contributed by atoms with Crippen molar-refractivity contribution in [1.29, 1.82) is 0 Å². The van der Waals surface area contributed by atoms with E-state index in [0.717, 1.165) is 0 Å². The van der Waals surface area contributed by atoms with Gasteiger partial charge in [0.1, 0.15) is 4.38 Å². The lowest BCUT2D eigenvalue weighted by Crippen LogP contribution is -2.13. The second-order valence-electron chi connectivity index (χ2n) is 1.82. The van der Waals surface area contributed by atoms with Crippen LogP contribution in [0.1, 0.15) is 0 Å². The lowest BCUT2D eigenvalue weighted by atomic mass is 10.8. The maximum atomic E-state index is 10.6. The average molecular weight is 190 g/mol. The molecule has 60 valence electrons. The second-order valence-corrected chi connectivity index (χ2v) is 4.00. The summed E-state index contributed by atoms with van der Waals surface area (Å²) in [5, 5.41) is 0. The molecule has 2 N–H and O–H groups in total. The summed E-state index contributed by atoms with van der Waals surface area (Å²) in [7, 11) is 0. The van der Waals surface area contributed by atoms with E-state index in [1.807, 2.05) is 0 Å². The van der Waals surface area contributed by atoms with E-state index in [2.05, 4.69) is 4.99 Å². The van der Waals surface area contributed by atoms with Crippen LogP contribution in [-0.2, 0) is 9.59 Å². The number of hydrogen-bond donors (Lipinski definition) is 1. The zero-order chi connectivity index (χ0) is 8.27. The highest BCUT2D eigenvalue weighted by Gasteiger charge is 2.15. The van der Waals surface area contributed by atoms with E-state index in [1.165, 1.54) is 23.5 Å². The van der Waals surface area contributed by atoms with Gasteiger partial charge in [-0.2, -0.15) is 4.99 Å². The first-order valence-corrected chi connectivity index (χ1v) is 4.81. The van der Waals surface area contributed by atoms with E-state index in [9.17, 15) is 9.59 Å². The summed E-state index contributed by atoms with van der Waals surface area (Å²) in [5.41, 5.74) is 4.90. The normalized spacial score (nSPS) is 16.7. The number of rotatable bonds is 2. The number of nitrogens with two attached hydrogens (primary N) is 1. The second kappa shape index (κ2) is 3.77. The minimum Gasteiger partial charge on any atom is -0.369 e. The van der Waals surface area contributed by atoms with E-state index in [1.54, 1.807) is 0 Å². The third-order valence-corrected chi connectivity index (χ3v) is 3.08. The van der Waals surface area contributed by atoms with Crippen molar-refractivity contribution in [3.05, 3.63) is 0 Å². The van der Waals surface area contributed by atoms with Gasteiger partial charge in [0.05, 0.1) is 11.5 Å². The molecule has 0 aromatic carbocycles. The van der Waals surface area contributed by atoms with Gasteiger partial charge in [0.25, 0.3) is 5.91 Å². The molecule has 1 rings (SSSR count). The molecule has 1 heterocycles. The van der Waals surface area contributed by atoms with Crippen LogP contribution in [0.3, 0.4) is 0 Å². The highest BCUT2D eigenvalue weighted by Crippen LogP contribution is 2.22. The maximum Gasteiger partial charge on any atom is 0.257 e. The topological polar surface area (TPSA) is 72.5 Å². The maximum absolute atomic E-state index is 10.6. The van der Waals surface area contributed by atoms with Gasteiger partial charge in [0.2, 0.25) is 5.91 Å². The molecule has 0 aromatic rings. The van der Waals surface area contributed by atoms with Crippen molar-refractivity contribution in [2.45, 2.75) is 0 Å². The van der Waals surface area contributed by atoms with Crippen molar-refractivity contribution in [1.82, 2.24) is 0 Å². The minimum atomic E-state index is -0.391. The SMILES string of the molecule is NC(=O)CSC1=NC(=O)CS1. The molecule has 11 heavy (non-hydrogen) atoms. The largest absolute Gasteiger partial charge is 0.369 e. The fourth-order valence-electron chi connectivity index (χ4n) is 0.497. The summed E-state index contributed by atoms with van der Waals surface area (Å²) in [6.07, 6.45) is 0. The molecule has 0 saturated carbocycles. The van der Waals surface area contributed by atoms with Gasteiger partial charge in [-0.25, -0.2) is 0 Å². The van der Waals surface area contributed by atoms with Crippen LogP contribution >= 0.6 is 23.5 Å². The quantitative estimate of drug-likeness (QED) is 0.656. The Kier molecular flexibility index (Phi) is 2.95. The zero-order valence-electron chi connectivity index (χ0n) is 5.57. The molecular formula is C5H6N2O2S2. The Morgan fingerprint density at radius 1 is 1.82 bits per heavy atom. The van der Waals surface area contributed by atoms with Gasteiger partial charge in [0.15, 0.2) is 0 Å². The molecule has 0 bridgehead atoms. The van der Waals surface area contributed by atoms with E-state index >= 15 is 0 Å². The number of carbonyl (C=O) groups is 2. The van der Waals surface area contributed by atoms with E-state index in [0.29, 0.717) is 10.1 Å². The van der Waals surface area contributed by atoms with Gasteiger partial charge in [-0.15, -0.1) is 0 Å². The van der Waals surface area contributed by atoms with Crippen LogP contribution < -0.4 is 5.73 Å². The Balaban J connectivity index is 2.33. The fourth-order valence-corrected chi connectivity index (χ4v) is 2.09. The number of primary amides is 1. The molecule has 1 aliphatic rings. The first-order valence-electron chi connectivity index (χ1n) is 2.84. The third kappa shape index (κ3) is 2.94. The number of aliphatic imine (C=N–C) groups is 1. The summed E-state index contributed by atoms with van der Waals surface area (Å²) in [6.45, 7) is 0. The van der Waals surface area contributed by atoms with Crippen LogP contribution in [-0.4, -0.2) is 27.7 Å². The Labute approximate surface area is 72.0 Å². The summed E-state index contributed by atoms with van der Waals surface area (Å²) in [6, 6.07) is 0. The van der Waals surface area contributed by atoms with E-state index in [-0.39, 0.29) is 11.7 Å². The lowest BCUT2D eigenvalue weighted by Gasteiger charge is -1.92. The van der Waals surface area contributed by atoms with Crippen molar-refractivity contribution < 1.29 is 9.59 Å². The van der Waals surface area contributed by atoms with Crippen LogP contribution in [0.25, 0.3) is 0 Å². The molecular weight excluding hydrogens is 184 g/mol. The first-order chi connectivity index (χ1) is 5.18. The summed E-state index contributed by atoms with van der Waals surface area (Å²) >= 11 is 2.56. The van der Waals surface area contributed by atoms with Gasteiger partial charge in [-0.05, 0) is 0 Å². The molecule has 1 aliphatic heterocycles. The molecule has 4 nitrogen and oxygen atoms in total. The van der Waals surface area contributed by atoms with Crippen LogP contribution in [0.4, 0.5) is 0 Å². The monoisotopic (exact) mass is 190 g/mol. The standard InChI is InChI=1S/C5H6N2O2S2/c6-3(8)1-10-5-7-4(9)2-11-5/h1-2H2,(H2,6,8). The number of nitrogens with zero attached hydrogens (tertiary/aromatic N) is 1. The van der Waals surface area contributed by atoms with Crippen LogP contribution in [0, 0.1) is 0 Å². The van der Waals surface area contributed by atoms with Crippen molar-refractivity contribution in [3.8, 4) is 0 Å². The fraction of sp³-hybridized carbons (Fsp3) is 0.400. The predicted molar refractivity (Wildman–Crippen MR) is 46.6 cm³/mol. The summed E-state index contributed by atoms with van der Waals surface area (Å²) in [5.74, 6) is 0.0554. The van der Waals surface area contributed by atoms with Gasteiger partial charge in [0, 0.05) is 0 Å². The van der Waals surface area contributed by atoms with Gasteiger partial charge >= 0.3 is 0 Å². The Morgan fingerprint density at radius 2 is 2.55 bits per heavy atom. The predicted octanol–water partition coefficient (Wildman–Crippen LogP) is -0.166. The summed E-state index contributed by atoms with van der Waals surface area (Å²) < 4.78 is 0.647. The Hall–Kier alpha value is -0.490. The number of hydrogen-bond acceptors (Lipinski definition) is 4. The average Bonchev–Trinajstić information content (AvgIpc) is 2.31.